The van der Waals surface area contributed by atoms with Crippen molar-refractivity contribution in [1.82, 2.24) is 10.2 Å². The predicted octanol–water partition coefficient (Wildman–Crippen LogP) is 1.10. The van der Waals surface area contributed by atoms with Crippen LogP contribution in [0, 0.1) is 5.41 Å². The summed E-state index contributed by atoms with van der Waals surface area (Å²) in [6.07, 6.45) is 2.05. The molecule has 18 heavy (non-hydrogen) atoms. The van der Waals surface area contributed by atoms with Gasteiger partial charge >= 0.3 is 0 Å². The van der Waals surface area contributed by atoms with Crippen LogP contribution in [0.1, 0.15) is 33.6 Å². The average molecular weight is 258 g/mol. The van der Waals surface area contributed by atoms with Gasteiger partial charge in [-0.3, -0.25) is 4.90 Å². The molecule has 0 aromatic rings. The Hall–Kier alpha value is -0.160. The molecule has 1 atom stereocenters. The number of nitrogens with one attached hydrogen (secondary N) is 1. The summed E-state index contributed by atoms with van der Waals surface area (Å²) in [7, 11) is 0. The summed E-state index contributed by atoms with van der Waals surface area (Å²) in [6.45, 7) is 12.6. The second-order valence-corrected chi connectivity index (χ2v) is 5.56. The van der Waals surface area contributed by atoms with Crippen LogP contribution in [-0.4, -0.2) is 62.0 Å². The highest BCUT2D eigenvalue weighted by molar-refractivity contribution is 4.80. The van der Waals surface area contributed by atoms with E-state index in [1.807, 2.05) is 0 Å². The van der Waals surface area contributed by atoms with Gasteiger partial charge in [0.25, 0.3) is 0 Å². The number of hydrogen-bond acceptors (Lipinski definition) is 4. The van der Waals surface area contributed by atoms with Gasteiger partial charge in [0.2, 0.25) is 0 Å². The normalized spacial score (nSPS) is 20.0. The molecule has 0 saturated carbocycles. The molecule has 0 aromatic carbocycles. The van der Waals surface area contributed by atoms with E-state index in [4.69, 9.17) is 4.74 Å². The fourth-order valence-corrected chi connectivity index (χ4v) is 2.41. The summed E-state index contributed by atoms with van der Waals surface area (Å²) in [5.74, 6) is 0. The van der Waals surface area contributed by atoms with Crippen molar-refractivity contribution in [3.05, 3.63) is 0 Å². The van der Waals surface area contributed by atoms with E-state index >= 15 is 0 Å². The van der Waals surface area contributed by atoms with Gasteiger partial charge in [-0.05, 0) is 19.8 Å². The summed E-state index contributed by atoms with van der Waals surface area (Å²) in [6, 6.07) is 0.465. The smallest absolute Gasteiger partial charge is 0.0594 e. The molecule has 1 aliphatic heterocycles. The molecule has 1 fully saturated rings. The molecule has 1 rings (SSSR count). The van der Waals surface area contributed by atoms with Crippen LogP contribution in [-0.2, 0) is 4.74 Å². The maximum Gasteiger partial charge on any atom is 0.0594 e. The standard InChI is InChI=1S/C14H30N2O2/c1-4-14(5-2,12-17)11-15-13(3)10-16-6-8-18-9-7-16/h13,15,17H,4-12H2,1-3H3. The minimum absolute atomic E-state index is 0.0548. The fourth-order valence-electron chi connectivity index (χ4n) is 2.41. The van der Waals surface area contributed by atoms with E-state index in [2.05, 4.69) is 31.0 Å². The second-order valence-electron chi connectivity index (χ2n) is 5.56. The van der Waals surface area contributed by atoms with E-state index in [0.29, 0.717) is 6.04 Å². The third-order valence-electron chi connectivity index (χ3n) is 4.30. The van der Waals surface area contributed by atoms with Crippen molar-refractivity contribution in [2.75, 3.05) is 46.0 Å². The van der Waals surface area contributed by atoms with Gasteiger partial charge in [0.05, 0.1) is 13.2 Å². The van der Waals surface area contributed by atoms with Crippen molar-refractivity contribution in [3.63, 3.8) is 0 Å². The van der Waals surface area contributed by atoms with Gasteiger partial charge in [0.1, 0.15) is 0 Å². The first kappa shape index (κ1) is 15.9. The lowest BCUT2D eigenvalue weighted by Gasteiger charge is -2.33. The molecule has 108 valence electrons. The van der Waals surface area contributed by atoms with Crippen molar-refractivity contribution < 1.29 is 9.84 Å². The molecule has 2 N–H and O–H groups in total. The van der Waals surface area contributed by atoms with E-state index in [1.165, 1.54) is 0 Å². The minimum atomic E-state index is 0.0548. The Morgan fingerprint density at radius 3 is 2.39 bits per heavy atom. The third-order valence-corrected chi connectivity index (χ3v) is 4.30. The van der Waals surface area contributed by atoms with Crippen molar-refractivity contribution in [2.45, 2.75) is 39.7 Å². The van der Waals surface area contributed by atoms with Gasteiger partial charge in [-0.1, -0.05) is 13.8 Å². The van der Waals surface area contributed by atoms with Gasteiger partial charge < -0.3 is 15.2 Å². The quantitative estimate of drug-likeness (QED) is 0.684. The van der Waals surface area contributed by atoms with E-state index in [-0.39, 0.29) is 12.0 Å². The largest absolute Gasteiger partial charge is 0.396 e. The van der Waals surface area contributed by atoms with E-state index < -0.39 is 0 Å². The Morgan fingerprint density at radius 1 is 1.28 bits per heavy atom. The van der Waals surface area contributed by atoms with Gasteiger partial charge in [0.15, 0.2) is 0 Å². The van der Waals surface area contributed by atoms with Crippen LogP contribution in [0.3, 0.4) is 0 Å². The molecule has 0 aromatic heterocycles. The number of aliphatic hydroxyl groups is 1. The van der Waals surface area contributed by atoms with Gasteiger partial charge in [0, 0.05) is 44.2 Å². The first-order valence-electron chi connectivity index (χ1n) is 7.30. The zero-order valence-corrected chi connectivity index (χ0v) is 12.2. The maximum atomic E-state index is 9.54. The van der Waals surface area contributed by atoms with Crippen LogP contribution < -0.4 is 5.32 Å². The molecule has 1 unspecified atom stereocenters. The molecule has 4 nitrogen and oxygen atoms in total. The lowest BCUT2D eigenvalue weighted by atomic mass is 9.83. The predicted molar refractivity (Wildman–Crippen MR) is 74.8 cm³/mol. The van der Waals surface area contributed by atoms with Crippen molar-refractivity contribution in [3.8, 4) is 0 Å². The molecule has 0 spiro atoms. The third kappa shape index (κ3) is 4.84. The van der Waals surface area contributed by atoms with Crippen LogP contribution >= 0.6 is 0 Å². The number of aliphatic hydroxyl groups excluding tert-OH is 1. The fraction of sp³-hybridized carbons (Fsp3) is 1.00. The van der Waals surface area contributed by atoms with Gasteiger partial charge in [-0.2, -0.15) is 0 Å². The summed E-state index contributed by atoms with van der Waals surface area (Å²) in [5, 5.41) is 13.1. The Kier molecular flexibility index (Phi) is 7.15. The minimum Gasteiger partial charge on any atom is -0.396 e. The summed E-state index contributed by atoms with van der Waals surface area (Å²) in [4.78, 5) is 2.44. The molecule has 0 bridgehead atoms. The average Bonchev–Trinajstić information content (AvgIpc) is 2.42. The topological polar surface area (TPSA) is 44.7 Å². The molecule has 0 amide bonds. The van der Waals surface area contributed by atoms with Crippen LogP contribution in [0.15, 0.2) is 0 Å². The summed E-state index contributed by atoms with van der Waals surface area (Å²) >= 11 is 0. The molecular weight excluding hydrogens is 228 g/mol. The van der Waals surface area contributed by atoms with Crippen LogP contribution in [0.5, 0.6) is 0 Å². The number of rotatable bonds is 8. The monoisotopic (exact) mass is 258 g/mol. The van der Waals surface area contributed by atoms with Crippen molar-refractivity contribution in [2.24, 2.45) is 5.41 Å². The number of nitrogens with zero attached hydrogens (tertiary/aromatic N) is 1. The van der Waals surface area contributed by atoms with Crippen molar-refractivity contribution in [1.29, 1.82) is 0 Å². The van der Waals surface area contributed by atoms with Crippen LogP contribution in [0.25, 0.3) is 0 Å². The SMILES string of the molecule is CCC(CC)(CO)CNC(C)CN1CCOCC1. The molecular formula is C14H30N2O2. The number of hydrogen-bond donors (Lipinski definition) is 2. The number of morpholine rings is 1. The zero-order valence-electron chi connectivity index (χ0n) is 12.2. The molecule has 1 aliphatic rings. The van der Waals surface area contributed by atoms with Gasteiger partial charge in [-0.25, -0.2) is 0 Å². The Morgan fingerprint density at radius 2 is 1.89 bits per heavy atom. The van der Waals surface area contributed by atoms with Crippen LogP contribution in [0.4, 0.5) is 0 Å². The molecule has 1 heterocycles. The first-order valence-corrected chi connectivity index (χ1v) is 7.30. The molecule has 0 aliphatic carbocycles. The molecule has 4 heteroatoms. The van der Waals surface area contributed by atoms with Crippen LogP contribution in [0.2, 0.25) is 0 Å². The first-order chi connectivity index (χ1) is 8.65. The Bertz CT molecular complexity index is 206. The molecule has 1 saturated heterocycles. The lowest BCUT2D eigenvalue weighted by molar-refractivity contribution is 0.0328. The van der Waals surface area contributed by atoms with Crippen molar-refractivity contribution >= 4 is 0 Å². The summed E-state index contributed by atoms with van der Waals surface area (Å²) in [5.41, 5.74) is 0.0548. The number of ether oxygens (including phenoxy) is 1. The Balaban J connectivity index is 2.28. The highest BCUT2D eigenvalue weighted by atomic mass is 16.5. The summed E-state index contributed by atoms with van der Waals surface area (Å²) < 4.78 is 5.35. The van der Waals surface area contributed by atoms with E-state index in [0.717, 1.165) is 52.2 Å². The second kappa shape index (κ2) is 8.10. The molecule has 0 radical (unpaired) electrons. The van der Waals surface area contributed by atoms with Gasteiger partial charge in [-0.15, -0.1) is 0 Å². The van der Waals surface area contributed by atoms with E-state index in [1.54, 1.807) is 0 Å². The Labute approximate surface area is 112 Å². The highest BCUT2D eigenvalue weighted by Gasteiger charge is 2.25. The van der Waals surface area contributed by atoms with E-state index in [9.17, 15) is 5.11 Å². The lowest BCUT2D eigenvalue weighted by Crippen LogP contribution is -2.47. The zero-order chi connectivity index (χ0) is 13.4. The highest BCUT2D eigenvalue weighted by Crippen LogP contribution is 2.24. The maximum absolute atomic E-state index is 9.54.